The summed E-state index contributed by atoms with van der Waals surface area (Å²) in [6, 6.07) is 0.557. The van der Waals surface area contributed by atoms with E-state index in [0.717, 1.165) is 19.6 Å². The van der Waals surface area contributed by atoms with Crippen LogP contribution in [0.2, 0.25) is 0 Å². The van der Waals surface area contributed by atoms with Gasteiger partial charge < -0.3 is 10.2 Å². The molecule has 1 atom stereocenters. The molecule has 134 valence electrons. The monoisotopic (exact) mass is 305 g/mol. The van der Waals surface area contributed by atoms with Crippen molar-refractivity contribution >= 4 is 0 Å². The van der Waals surface area contributed by atoms with Gasteiger partial charge in [0.1, 0.15) is 0 Å². The third-order valence-corrected chi connectivity index (χ3v) is 3.29. The lowest BCUT2D eigenvalue weighted by atomic mass is 10.2. The summed E-state index contributed by atoms with van der Waals surface area (Å²) >= 11 is 0. The van der Waals surface area contributed by atoms with E-state index in [-0.39, 0.29) is 16.3 Å². The van der Waals surface area contributed by atoms with Crippen molar-refractivity contribution < 1.29 is 1.43 Å². The quantitative estimate of drug-likeness (QED) is 0.811. The van der Waals surface area contributed by atoms with Crippen molar-refractivity contribution in [1.29, 1.82) is 0 Å². The Kier molecular flexibility index (Phi) is 26.5. The van der Waals surface area contributed by atoms with E-state index < -0.39 is 0 Å². The molecule has 1 aliphatic heterocycles. The molecule has 0 radical (unpaired) electrons. The molecule has 3 heteroatoms. The molecule has 0 aromatic heterocycles. The summed E-state index contributed by atoms with van der Waals surface area (Å²) in [6.45, 7) is 20.3. The Hall–Kier alpha value is -0.540. The van der Waals surface area contributed by atoms with Crippen LogP contribution in [0.25, 0.3) is 0 Å². The van der Waals surface area contributed by atoms with Gasteiger partial charge in [-0.2, -0.15) is 0 Å². The Morgan fingerprint density at radius 1 is 1.19 bits per heavy atom. The van der Waals surface area contributed by atoms with Crippen LogP contribution in [0, 0.1) is 0 Å². The molecular formula is C18H47N3. The molecule has 0 aliphatic carbocycles. The van der Waals surface area contributed by atoms with Gasteiger partial charge in [-0.15, -0.1) is 0 Å². The van der Waals surface area contributed by atoms with E-state index in [9.17, 15) is 0 Å². The first-order valence-electron chi connectivity index (χ1n) is 7.99. The van der Waals surface area contributed by atoms with Crippen molar-refractivity contribution in [3.05, 3.63) is 11.8 Å². The van der Waals surface area contributed by atoms with Gasteiger partial charge in [-0.25, -0.2) is 0 Å². The van der Waals surface area contributed by atoms with Gasteiger partial charge in [-0.1, -0.05) is 42.5 Å². The number of allylic oxidation sites excluding steroid dienone is 1. The van der Waals surface area contributed by atoms with E-state index in [1.807, 2.05) is 27.7 Å². The van der Waals surface area contributed by atoms with Crippen molar-refractivity contribution in [2.45, 2.75) is 69.4 Å². The zero-order valence-corrected chi connectivity index (χ0v) is 14.6. The van der Waals surface area contributed by atoms with E-state index >= 15 is 0 Å². The van der Waals surface area contributed by atoms with Crippen molar-refractivity contribution in [3.63, 3.8) is 0 Å². The van der Waals surface area contributed by atoms with Crippen LogP contribution in [-0.4, -0.2) is 55.6 Å². The summed E-state index contributed by atoms with van der Waals surface area (Å²) in [7, 11) is 2.15. The van der Waals surface area contributed by atoms with Gasteiger partial charge in [0, 0.05) is 52.9 Å². The normalized spacial score (nSPS) is 15.9. The average Bonchev–Trinajstić information content (AvgIpc) is 2.51. The van der Waals surface area contributed by atoms with Crippen molar-refractivity contribution in [2.75, 3.05) is 39.8 Å². The topological polar surface area (TPSA) is 18.5 Å². The minimum Gasteiger partial charge on any atom is -0.379 e. The van der Waals surface area contributed by atoms with Gasteiger partial charge in [-0.3, -0.25) is 4.90 Å². The number of rotatable bonds is 4. The van der Waals surface area contributed by atoms with Crippen molar-refractivity contribution in [2.24, 2.45) is 0 Å². The SMILES string of the molecule is C.C.CC.CC.CCN(C)/C(C)=C\C(C)N1CCNCC1.[HH]. The summed E-state index contributed by atoms with van der Waals surface area (Å²) in [5.41, 5.74) is 1.38. The maximum atomic E-state index is 3.38. The van der Waals surface area contributed by atoms with Crippen LogP contribution in [0.4, 0.5) is 0 Å². The van der Waals surface area contributed by atoms with E-state index in [2.05, 4.69) is 49.0 Å². The molecule has 1 unspecified atom stereocenters. The minimum atomic E-state index is 0. The van der Waals surface area contributed by atoms with E-state index in [4.69, 9.17) is 0 Å². The van der Waals surface area contributed by atoms with Crippen LogP contribution in [0.15, 0.2) is 11.8 Å². The first kappa shape index (κ1) is 28.6. The first-order chi connectivity index (χ1) is 9.15. The Morgan fingerprint density at radius 2 is 1.62 bits per heavy atom. The second kappa shape index (κ2) is 19.5. The maximum Gasteiger partial charge on any atom is 0.0270 e. The fourth-order valence-corrected chi connectivity index (χ4v) is 1.92. The number of hydrogen-bond donors (Lipinski definition) is 1. The maximum absolute atomic E-state index is 3.38. The summed E-state index contributed by atoms with van der Waals surface area (Å²) in [6.07, 6.45) is 2.37. The Bertz CT molecular complexity index is 214. The average molecular weight is 306 g/mol. The lowest BCUT2D eigenvalue weighted by Gasteiger charge is -2.32. The number of hydrogen-bond acceptors (Lipinski definition) is 3. The predicted octanol–water partition coefficient (Wildman–Crippen LogP) is 4.71. The number of piperazine rings is 1. The summed E-state index contributed by atoms with van der Waals surface area (Å²) < 4.78 is 0. The van der Waals surface area contributed by atoms with E-state index in [1.165, 1.54) is 18.8 Å². The van der Waals surface area contributed by atoms with Gasteiger partial charge in [0.25, 0.3) is 0 Å². The summed E-state index contributed by atoms with van der Waals surface area (Å²) in [5.74, 6) is 0. The van der Waals surface area contributed by atoms with Crippen LogP contribution in [0.3, 0.4) is 0 Å². The second-order valence-electron chi connectivity index (χ2n) is 4.35. The molecule has 0 saturated carbocycles. The molecule has 0 aromatic carbocycles. The van der Waals surface area contributed by atoms with Crippen LogP contribution in [0.5, 0.6) is 0 Å². The smallest absolute Gasteiger partial charge is 0.0270 e. The summed E-state index contributed by atoms with van der Waals surface area (Å²) in [5, 5.41) is 3.38. The third-order valence-electron chi connectivity index (χ3n) is 3.29. The molecule has 1 fully saturated rings. The zero-order chi connectivity index (χ0) is 15.3. The largest absolute Gasteiger partial charge is 0.379 e. The molecule has 0 bridgehead atoms. The van der Waals surface area contributed by atoms with Crippen LogP contribution in [0.1, 0.15) is 64.7 Å². The lowest BCUT2D eigenvalue weighted by molar-refractivity contribution is 0.210. The predicted molar refractivity (Wildman–Crippen MR) is 104 cm³/mol. The zero-order valence-electron chi connectivity index (χ0n) is 14.6. The first-order valence-corrected chi connectivity index (χ1v) is 7.99. The van der Waals surface area contributed by atoms with E-state index in [1.54, 1.807) is 0 Å². The molecular weight excluding hydrogens is 258 g/mol. The lowest BCUT2D eigenvalue weighted by Crippen LogP contribution is -2.47. The van der Waals surface area contributed by atoms with Crippen LogP contribution >= 0.6 is 0 Å². The molecule has 1 N–H and O–H groups in total. The minimum absolute atomic E-state index is 0. The highest BCUT2D eigenvalue weighted by Gasteiger charge is 2.14. The van der Waals surface area contributed by atoms with E-state index in [0.29, 0.717) is 6.04 Å². The standard InChI is InChI=1S/C12H25N3.2C2H6.2CH4.H2/c1-5-14(4)11(2)10-12(3)15-8-6-13-7-9-15;2*1-2;;;/h10,12-13H,5-9H2,1-4H3;2*1-2H3;2*1H4;1H/b11-10-;;;;;. The fourth-order valence-electron chi connectivity index (χ4n) is 1.92. The Labute approximate surface area is 138 Å². The summed E-state index contributed by atoms with van der Waals surface area (Å²) in [4.78, 5) is 4.82. The highest BCUT2D eigenvalue weighted by Crippen LogP contribution is 2.07. The molecule has 1 heterocycles. The van der Waals surface area contributed by atoms with Crippen molar-refractivity contribution in [1.82, 2.24) is 15.1 Å². The highest BCUT2D eigenvalue weighted by molar-refractivity contribution is 5.02. The van der Waals surface area contributed by atoms with Crippen molar-refractivity contribution in [3.8, 4) is 0 Å². The molecule has 1 aliphatic rings. The molecule has 1 saturated heterocycles. The number of nitrogens with zero attached hydrogens (tertiary/aromatic N) is 2. The van der Waals surface area contributed by atoms with Gasteiger partial charge >= 0.3 is 0 Å². The van der Waals surface area contributed by atoms with Gasteiger partial charge in [-0.05, 0) is 26.8 Å². The second-order valence-corrected chi connectivity index (χ2v) is 4.35. The van der Waals surface area contributed by atoms with Gasteiger partial charge in [0.05, 0.1) is 0 Å². The number of nitrogens with one attached hydrogen (secondary N) is 1. The third kappa shape index (κ3) is 12.9. The van der Waals surface area contributed by atoms with Gasteiger partial charge in [0.15, 0.2) is 0 Å². The molecule has 3 nitrogen and oxygen atoms in total. The van der Waals surface area contributed by atoms with Gasteiger partial charge in [0.2, 0.25) is 0 Å². The fraction of sp³-hybridized carbons (Fsp3) is 0.889. The highest BCUT2D eigenvalue weighted by atomic mass is 15.2. The molecule has 0 aromatic rings. The van der Waals surface area contributed by atoms with Crippen LogP contribution in [-0.2, 0) is 0 Å². The molecule has 1 rings (SSSR count). The Morgan fingerprint density at radius 3 is 2.00 bits per heavy atom. The molecule has 0 amide bonds. The molecule has 0 spiro atoms. The Balaban J connectivity index is -0.000000127. The van der Waals surface area contributed by atoms with Crippen LogP contribution < -0.4 is 5.32 Å². The molecule has 21 heavy (non-hydrogen) atoms.